The quantitative estimate of drug-likeness (QED) is 0.893. The molecule has 0 atom stereocenters. The van der Waals surface area contributed by atoms with Crippen LogP contribution in [-0.4, -0.2) is 23.9 Å². The minimum absolute atomic E-state index is 0.470. The minimum Gasteiger partial charge on any atom is -0.495 e. The largest absolute Gasteiger partial charge is 0.495 e. The third-order valence-corrected chi connectivity index (χ3v) is 2.81. The Morgan fingerprint density at radius 1 is 1.33 bits per heavy atom. The van der Waals surface area contributed by atoms with Gasteiger partial charge in [0.1, 0.15) is 17.3 Å². The molecule has 0 aliphatic heterocycles. The fourth-order valence-corrected chi connectivity index (χ4v) is 1.93. The van der Waals surface area contributed by atoms with E-state index >= 15 is 0 Å². The van der Waals surface area contributed by atoms with Gasteiger partial charge in [0.25, 0.3) is 0 Å². The predicted octanol–water partition coefficient (Wildman–Crippen LogP) is 2.72. The molecule has 2 aromatic rings. The number of nitrogens with zero attached hydrogens (tertiary/aromatic N) is 1. The van der Waals surface area contributed by atoms with Gasteiger partial charge < -0.3 is 15.2 Å². The van der Waals surface area contributed by atoms with E-state index in [1.807, 2.05) is 6.92 Å². The first-order valence-corrected chi connectivity index (χ1v) is 5.84. The number of hydrogen-bond donors (Lipinski definition) is 2. The number of nitrogen functional groups attached to an aromatic ring is 1. The Balaban J connectivity index is 2.58. The molecule has 3 N–H and O–H groups in total. The first-order chi connectivity index (χ1) is 8.67. The number of nitrogens with two attached hydrogens (primary N) is 1. The molecule has 6 heteroatoms. The lowest BCUT2D eigenvalue weighted by Gasteiger charge is -2.12. The average molecular weight is 268 g/mol. The molecule has 0 amide bonds. The number of anilines is 1. The molecule has 0 aliphatic rings. The lowest BCUT2D eigenvalue weighted by molar-refractivity contribution is 0.337. The zero-order chi connectivity index (χ0) is 13.1. The van der Waals surface area contributed by atoms with Gasteiger partial charge in [0.05, 0.1) is 24.9 Å². The Hall–Kier alpha value is -1.88. The molecule has 96 valence electrons. The fourth-order valence-electron chi connectivity index (χ4n) is 1.69. The third kappa shape index (κ3) is 2.22. The first-order valence-electron chi connectivity index (χ1n) is 5.47. The Kier molecular flexibility index (Phi) is 3.62. The minimum atomic E-state index is 0.470. The fraction of sp³-hybridized carbons (Fsp3) is 0.250. The van der Waals surface area contributed by atoms with Gasteiger partial charge >= 0.3 is 0 Å². The molecule has 1 heterocycles. The Bertz CT molecular complexity index is 554. The van der Waals surface area contributed by atoms with Crippen LogP contribution in [0.15, 0.2) is 18.3 Å². The van der Waals surface area contributed by atoms with E-state index < -0.39 is 0 Å². The highest BCUT2D eigenvalue weighted by Crippen LogP contribution is 2.39. The Morgan fingerprint density at radius 3 is 2.67 bits per heavy atom. The highest BCUT2D eigenvalue weighted by Gasteiger charge is 2.15. The number of aromatic nitrogens is 2. The van der Waals surface area contributed by atoms with Crippen molar-refractivity contribution in [2.75, 3.05) is 19.5 Å². The van der Waals surface area contributed by atoms with Crippen molar-refractivity contribution >= 4 is 17.4 Å². The van der Waals surface area contributed by atoms with Crippen LogP contribution in [0.1, 0.15) is 6.92 Å². The molecular weight excluding hydrogens is 254 g/mol. The molecule has 0 spiro atoms. The van der Waals surface area contributed by atoms with Gasteiger partial charge in [0.15, 0.2) is 0 Å². The maximum Gasteiger partial charge on any atom is 0.141 e. The van der Waals surface area contributed by atoms with E-state index in [1.165, 1.54) is 0 Å². The summed E-state index contributed by atoms with van der Waals surface area (Å²) in [5.41, 5.74) is 7.35. The highest BCUT2D eigenvalue weighted by molar-refractivity contribution is 6.32. The van der Waals surface area contributed by atoms with Crippen LogP contribution in [-0.2, 0) is 0 Å². The summed E-state index contributed by atoms with van der Waals surface area (Å²) in [5.74, 6) is 1.69. The summed E-state index contributed by atoms with van der Waals surface area (Å²) >= 11 is 6.12. The molecule has 1 aromatic carbocycles. The van der Waals surface area contributed by atoms with E-state index in [1.54, 1.807) is 25.4 Å². The number of ether oxygens (including phenoxy) is 2. The number of hydrogen-bond acceptors (Lipinski definition) is 4. The van der Waals surface area contributed by atoms with E-state index in [2.05, 4.69) is 10.2 Å². The van der Waals surface area contributed by atoms with Gasteiger partial charge in [-0.05, 0) is 13.0 Å². The van der Waals surface area contributed by atoms with Crippen molar-refractivity contribution in [3.05, 3.63) is 23.4 Å². The van der Waals surface area contributed by atoms with E-state index in [-0.39, 0.29) is 0 Å². The van der Waals surface area contributed by atoms with Crippen molar-refractivity contribution in [3.8, 4) is 22.6 Å². The normalized spacial score (nSPS) is 10.4. The molecule has 5 nitrogen and oxygen atoms in total. The van der Waals surface area contributed by atoms with Gasteiger partial charge in [-0.3, -0.25) is 5.10 Å². The SMILES string of the molecule is CCOc1cc(OC)c(Cl)cc1-c1cn[nH]c1N. The van der Waals surface area contributed by atoms with Gasteiger partial charge in [-0.1, -0.05) is 11.6 Å². The summed E-state index contributed by atoms with van der Waals surface area (Å²) in [6.07, 6.45) is 1.63. The molecule has 0 unspecified atom stereocenters. The lowest BCUT2D eigenvalue weighted by Crippen LogP contribution is -1.97. The monoisotopic (exact) mass is 267 g/mol. The van der Waals surface area contributed by atoms with Crippen LogP contribution in [0.3, 0.4) is 0 Å². The maximum atomic E-state index is 6.12. The van der Waals surface area contributed by atoms with Crippen molar-refractivity contribution < 1.29 is 9.47 Å². The summed E-state index contributed by atoms with van der Waals surface area (Å²) in [6, 6.07) is 3.50. The molecule has 0 radical (unpaired) electrons. The summed E-state index contributed by atoms with van der Waals surface area (Å²) in [5, 5.41) is 7.07. The zero-order valence-electron chi connectivity index (χ0n) is 10.2. The summed E-state index contributed by atoms with van der Waals surface area (Å²) in [7, 11) is 1.56. The molecule has 0 saturated carbocycles. The molecule has 18 heavy (non-hydrogen) atoms. The second-order valence-electron chi connectivity index (χ2n) is 3.61. The van der Waals surface area contributed by atoms with Crippen LogP contribution in [0.2, 0.25) is 5.02 Å². The van der Waals surface area contributed by atoms with Crippen molar-refractivity contribution in [1.29, 1.82) is 0 Å². The molecule has 0 fully saturated rings. The van der Waals surface area contributed by atoms with Crippen molar-refractivity contribution in [2.45, 2.75) is 6.92 Å². The van der Waals surface area contributed by atoms with E-state index in [9.17, 15) is 0 Å². The van der Waals surface area contributed by atoms with Crippen molar-refractivity contribution in [1.82, 2.24) is 10.2 Å². The van der Waals surface area contributed by atoms with Gasteiger partial charge in [-0.25, -0.2) is 0 Å². The molecular formula is C12H14ClN3O2. The van der Waals surface area contributed by atoms with Gasteiger partial charge in [0.2, 0.25) is 0 Å². The zero-order valence-corrected chi connectivity index (χ0v) is 10.9. The van der Waals surface area contributed by atoms with E-state index in [0.29, 0.717) is 28.9 Å². The van der Waals surface area contributed by atoms with Crippen LogP contribution in [0.25, 0.3) is 11.1 Å². The van der Waals surface area contributed by atoms with Crippen LogP contribution < -0.4 is 15.2 Å². The second-order valence-corrected chi connectivity index (χ2v) is 4.02. The van der Waals surface area contributed by atoms with Crippen LogP contribution in [0, 0.1) is 0 Å². The molecule has 0 bridgehead atoms. The number of aromatic amines is 1. The Morgan fingerprint density at radius 2 is 2.11 bits per heavy atom. The lowest BCUT2D eigenvalue weighted by atomic mass is 10.1. The van der Waals surface area contributed by atoms with Gasteiger partial charge in [-0.15, -0.1) is 0 Å². The van der Waals surface area contributed by atoms with Crippen molar-refractivity contribution in [3.63, 3.8) is 0 Å². The number of methoxy groups -OCH3 is 1. The van der Waals surface area contributed by atoms with Crippen LogP contribution >= 0.6 is 11.6 Å². The molecule has 0 aliphatic carbocycles. The predicted molar refractivity (Wildman–Crippen MR) is 71.2 cm³/mol. The van der Waals surface area contributed by atoms with Gasteiger partial charge in [-0.2, -0.15) is 5.10 Å². The summed E-state index contributed by atoms with van der Waals surface area (Å²) in [4.78, 5) is 0. The third-order valence-electron chi connectivity index (χ3n) is 2.51. The number of rotatable bonds is 4. The topological polar surface area (TPSA) is 73.2 Å². The number of H-pyrrole nitrogens is 1. The Labute approximate surface area is 110 Å². The van der Waals surface area contributed by atoms with Crippen molar-refractivity contribution in [2.24, 2.45) is 0 Å². The molecule has 0 saturated heterocycles. The average Bonchev–Trinajstić information content (AvgIpc) is 2.77. The standard InChI is InChI=1S/C12H14ClN3O2/c1-3-18-10-5-11(17-2)9(13)4-7(10)8-6-15-16-12(8)14/h4-6H,3H2,1-2H3,(H3,14,15,16). The molecule has 1 aromatic heterocycles. The summed E-state index contributed by atoms with van der Waals surface area (Å²) in [6.45, 7) is 2.44. The molecule has 2 rings (SSSR count). The smallest absolute Gasteiger partial charge is 0.141 e. The number of nitrogens with one attached hydrogen (secondary N) is 1. The highest BCUT2D eigenvalue weighted by atomic mass is 35.5. The van der Waals surface area contributed by atoms with Crippen LogP contribution in [0.5, 0.6) is 11.5 Å². The number of halogens is 1. The first kappa shape index (κ1) is 12.6. The maximum absolute atomic E-state index is 6.12. The van der Waals surface area contributed by atoms with Gasteiger partial charge in [0, 0.05) is 17.2 Å². The second kappa shape index (κ2) is 5.18. The van der Waals surface area contributed by atoms with E-state index in [0.717, 1.165) is 11.1 Å². The van der Waals surface area contributed by atoms with E-state index in [4.69, 9.17) is 26.8 Å². The van der Waals surface area contributed by atoms with Crippen LogP contribution in [0.4, 0.5) is 5.82 Å². The summed E-state index contributed by atoms with van der Waals surface area (Å²) < 4.78 is 10.7. The number of benzene rings is 1.